The molecule has 4 saturated carbocycles. The van der Waals surface area contributed by atoms with Crippen molar-refractivity contribution in [3.63, 3.8) is 0 Å². The van der Waals surface area contributed by atoms with Gasteiger partial charge in [-0.25, -0.2) is 0 Å². The van der Waals surface area contributed by atoms with E-state index >= 15 is 0 Å². The summed E-state index contributed by atoms with van der Waals surface area (Å²) in [7, 11) is 0. The van der Waals surface area contributed by atoms with Crippen LogP contribution in [0.5, 0.6) is 0 Å². The predicted molar refractivity (Wildman–Crippen MR) is 73.5 cm³/mol. The highest BCUT2D eigenvalue weighted by atomic mass is 35.5. The molecule has 102 valence electrons. The fourth-order valence-corrected chi connectivity index (χ4v) is 5.27. The molecule has 4 aliphatic rings. The van der Waals surface area contributed by atoms with Crippen molar-refractivity contribution in [1.82, 2.24) is 4.90 Å². The molecular weight excluding hydrogens is 246 g/mol. The molecule has 0 N–H and O–H groups in total. The second kappa shape index (κ2) is 5.03. The lowest BCUT2D eigenvalue weighted by Gasteiger charge is -2.54. The van der Waals surface area contributed by atoms with E-state index in [2.05, 4.69) is 6.92 Å². The van der Waals surface area contributed by atoms with E-state index in [9.17, 15) is 4.79 Å². The summed E-state index contributed by atoms with van der Waals surface area (Å²) in [6.07, 6.45) is 6.74. The van der Waals surface area contributed by atoms with Gasteiger partial charge in [-0.1, -0.05) is 0 Å². The molecular formula is C15H24ClNO. The van der Waals surface area contributed by atoms with E-state index in [0.717, 1.165) is 24.9 Å². The van der Waals surface area contributed by atoms with Crippen LogP contribution in [0.3, 0.4) is 0 Å². The number of alkyl halides is 1. The number of nitrogens with zero attached hydrogens (tertiary/aromatic N) is 1. The van der Waals surface area contributed by atoms with Gasteiger partial charge >= 0.3 is 0 Å². The van der Waals surface area contributed by atoms with Crippen LogP contribution in [-0.2, 0) is 4.79 Å². The van der Waals surface area contributed by atoms with Crippen molar-refractivity contribution in [3.05, 3.63) is 0 Å². The van der Waals surface area contributed by atoms with E-state index in [1.165, 1.54) is 32.1 Å². The Kier molecular flexibility index (Phi) is 3.57. The van der Waals surface area contributed by atoms with Crippen molar-refractivity contribution in [2.24, 2.45) is 29.6 Å². The molecule has 4 rings (SSSR count). The van der Waals surface area contributed by atoms with Crippen LogP contribution in [0.4, 0.5) is 0 Å². The third-order valence-corrected chi connectivity index (χ3v) is 5.73. The van der Waals surface area contributed by atoms with Crippen LogP contribution in [0.2, 0.25) is 0 Å². The number of hydrogen-bond donors (Lipinski definition) is 0. The third-order valence-electron chi connectivity index (χ3n) is 5.56. The van der Waals surface area contributed by atoms with E-state index < -0.39 is 0 Å². The van der Waals surface area contributed by atoms with E-state index in [-0.39, 0.29) is 0 Å². The van der Waals surface area contributed by atoms with Gasteiger partial charge in [-0.3, -0.25) is 4.79 Å². The van der Waals surface area contributed by atoms with E-state index in [0.29, 0.717) is 29.5 Å². The zero-order valence-electron chi connectivity index (χ0n) is 11.3. The zero-order valence-corrected chi connectivity index (χ0v) is 12.0. The van der Waals surface area contributed by atoms with E-state index in [1.54, 1.807) is 0 Å². The molecule has 0 radical (unpaired) electrons. The molecule has 4 fully saturated rings. The Morgan fingerprint density at radius 2 is 1.67 bits per heavy atom. The van der Waals surface area contributed by atoms with Gasteiger partial charge in [-0.05, 0) is 62.7 Å². The summed E-state index contributed by atoms with van der Waals surface area (Å²) in [6.45, 7) is 3.61. The van der Waals surface area contributed by atoms with E-state index in [1.807, 2.05) is 4.90 Å². The average Bonchev–Trinajstić information content (AvgIpc) is 2.34. The Morgan fingerprint density at radius 1 is 1.11 bits per heavy atom. The fraction of sp³-hybridized carbons (Fsp3) is 0.933. The highest BCUT2D eigenvalue weighted by Crippen LogP contribution is 2.56. The number of carbonyl (C=O) groups is 1. The standard InChI is InChI=1S/C15H24ClNO/c1-2-17(4-3-16)15(18)14-12-6-10-5-11(8-12)9-13(14)7-10/h10-14H,2-9H2,1H3. The van der Waals surface area contributed by atoms with Gasteiger partial charge in [-0.15, -0.1) is 11.6 Å². The number of rotatable bonds is 4. The first-order chi connectivity index (χ1) is 8.72. The Morgan fingerprint density at radius 3 is 2.11 bits per heavy atom. The summed E-state index contributed by atoms with van der Waals surface area (Å²) < 4.78 is 0. The molecule has 0 unspecified atom stereocenters. The molecule has 3 heteroatoms. The molecule has 0 heterocycles. The quantitative estimate of drug-likeness (QED) is 0.718. The maximum Gasteiger partial charge on any atom is 0.226 e. The van der Waals surface area contributed by atoms with Gasteiger partial charge in [0.15, 0.2) is 0 Å². The average molecular weight is 270 g/mol. The molecule has 0 aromatic carbocycles. The SMILES string of the molecule is CCN(CCCl)C(=O)C1C2CC3CC(C2)CC1C3. The van der Waals surface area contributed by atoms with Gasteiger partial charge in [0.1, 0.15) is 0 Å². The fourth-order valence-electron chi connectivity index (χ4n) is 5.07. The molecule has 2 nitrogen and oxygen atoms in total. The lowest BCUT2D eigenvalue weighted by Crippen LogP contribution is -2.52. The highest BCUT2D eigenvalue weighted by Gasteiger charge is 2.51. The number of hydrogen-bond acceptors (Lipinski definition) is 1. The molecule has 0 aromatic rings. The molecule has 0 saturated heterocycles. The van der Waals surface area contributed by atoms with Crippen molar-refractivity contribution >= 4 is 17.5 Å². The van der Waals surface area contributed by atoms with Crippen LogP contribution < -0.4 is 0 Å². The van der Waals surface area contributed by atoms with Crippen molar-refractivity contribution in [1.29, 1.82) is 0 Å². The molecule has 0 atom stereocenters. The Labute approximate surface area is 115 Å². The first kappa shape index (κ1) is 12.8. The van der Waals surface area contributed by atoms with E-state index in [4.69, 9.17) is 11.6 Å². The van der Waals surface area contributed by atoms with Crippen LogP contribution in [0.15, 0.2) is 0 Å². The van der Waals surface area contributed by atoms with Gasteiger partial charge in [0.05, 0.1) is 0 Å². The largest absolute Gasteiger partial charge is 0.342 e. The lowest BCUT2D eigenvalue weighted by atomic mass is 9.51. The van der Waals surface area contributed by atoms with Crippen LogP contribution in [0.1, 0.15) is 39.0 Å². The minimum absolute atomic E-state index is 0.334. The number of amides is 1. The summed E-state index contributed by atoms with van der Waals surface area (Å²) in [5.41, 5.74) is 0. The second-order valence-electron chi connectivity index (χ2n) is 6.56. The topological polar surface area (TPSA) is 20.3 Å². The summed E-state index contributed by atoms with van der Waals surface area (Å²) >= 11 is 5.82. The minimum Gasteiger partial charge on any atom is -0.342 e. The van der Waals surface area contributed by atoms with Gasteiger partial charge in [0.2, 0.25) is 5.91 Å². The summed E-state index contributed by atoms with van der Waals surface area (Å²) in [4.78, 5) is 14.7. The first-order valence-corrected chi connectivity index (χ1v) is 8.11. The van der Waals surface area contributed by atoms with Crippen molar-refractivity contribution in [2.75, 3.05) is 19.0 Å². The van der Waals surface area contributed by atoms with Crippen LogP contribution in [0, 0.1) is 29.6 Å². The van der Waals surface area contributed by atoms with Crippen molar-refractivity contribution < 1.29 is 4.79 Å². The van der Waals surface area contributed by atoms with Gasteiger partial charge in [0.25, 0.3) is 0 Å². The third kappa shape index (κ3) is 2.07. The molecule has 4 aliphatic carbocycles. The number of carbonyl (C=O) groups excluding carboxylic acids is 1. The van der Waals surface area contributed by atoms with Crippen LogP contribution >= 0.6 is 11.6 Å². The van der Waals surface area contributed by atoms with Crippen molar-refractivity contribution in [2.45, 2.75) is 39.0 Å². The molecule has 0 aliphatic heterocycles. The van der Waals surface area contributed by atoms with Gasteiger partial charge in [0, 0.05) is 24.9 Å². The molecule has 0 spiro atoms. The second-order valence-corrected chi connectivity index (χ2v) is 6.94. The summed E-state index contributed by atoms with van der Waals surface area (Å²) in [6, 6.07) is 0. The van der Waals surface area contributed by atoms with Crippen LogP contribution in [0.25, 0.3) is 0 Å². The molecule has 0 aromatic heterocycles. The van der Waals surface area contributed by atoms with Crippen molar-refractivity contribution in [3.8, 4) is 0 Å². The summed E-state index contributed by atoms with van der Waals surface area (Å²) in [5.74, 6) is 4.58. The van der Waals surface area contributed by atoms with Gasteiger partial charge < -0.3 is 4.90 Å². The molecule has 4 bridgehead atoms. The highest BCUT2D eigenvalue weighted by molar-refractivity contribution is 6.18. The normalized spacial score (nSPS) is 41.1. The van der Waals surface area contributed by atoms with Gasteiger partial charge in [-0.2, -0.15) is 0 Å². The maximum atomic E-state index is 12.7. The maximum absolute atomic E-state index is 12.7. The minimum atomic E-state index is 0.334. The monoisotopic (exact) mass is 269 g/mol. The molecule has 1 amide bonds. The smallest absolute Gasteiger partial charge is 0.226 e. The Bertz CT molecular complexity index is 302. The predicted octanol–water partition coefficient (Wildman–Crippen LogP) is 3.15. The summed E-state index contributed by atoms with van der Waals surface area (Å²) in [5, 5.41) is 0. The number of halogens is 1. The first-order valence-electron chi connectivity index (χ1n) is 7.57. The van der Waals surface area contributed by atoms with Crippen LogP contribution in [-0.4, -0.2) is 29.8 Å². The molecule has 18 heavy (non-hydrogen) atoms. The lowest BCUT2D eigenvalue weighted by molar-refractivity contribution is -0.148. The Balaban J connectivity index is 1.74. The zero-order chi connectivity index (χ0) is 12.7. The Hall–Kier alpha value is -0.240.